The van der Waals surface area contributed by atoms with E-state index in [1.807, 2.05) is 0 Å². The minimum absolute atomic E-state index is 0.0601. The van der Waals surface area contributed by atoms with Crippen LogP contribution in [0.4, 0.5) is 17.1 Å². The maximum Gasteiger partial charge on any atom is 0.297 e. The molecule has 0 atom stereocenters. The van der Waals surface area contributed by atoms with Crippen molar-refractivity contribution in [1.82, 2.24) is 0 Å². The molecule has 0 saturated carbocycles. The van der Waals surface area contributed by atoms with Crippen LogP contribution in [-0.2, 0) is 26.8 Å². The first kappa shape index (κ1) is 23.5. The van der Waals surface area contributed by atoms with Crippen molar-refractivity contribution >= 4 is 58.8 Å². The summed E-state index contributed by atoms with van der Waals surface area (Å²) in [6, 6.07) is 12.6. The van der Waals surface area contributed by atoms with Gasteiger partial charge in [0.2, 0.25) is 0 Å². The number of nitrogen functional groups attached to an aromatic ring is 1. The molecule has 4 aromatic rings. The lowest BCUT2D eigenvalue weighted by Crippen LogP contribution is -2.02. The Labute approximate surface area is 193 Å². The molecule has 176 valence electrons. The lowest BCUT2D eigenvalue weighted by atomic mass is 10.0. The Balaban J connectivity index is 1.89. The number of fused-ring (bicyclic) bond motifs is 2. The zero-order valence-corrected chi connectivity index (χ0v) is 18.9. The Morgan fingerprint density at radius 2 is 1.50 bits per heavy atom. The molecular formula is C21H18N4O7S2. The van der Waals surface area contributed by atoms with Crippen molar-refractivity contribution in [2.75, 3.05) is 5.73 Å². The van der Waals surface area contributed by atoms with Gasteiger partial charge in [0.05, 0.1) is 4.90 Å². The van der Waals surface area contributed by atoms with E-state index in [4.69, 9.17) is 11.5 Å². The van der Waals surface area contributed by atoms with E-state index < -0.39 is 35.8 Å². The predicted octanol–water partition coefficient (Wildman–Crippen LogP) is 3.65. The van der Waals surface area contributed by atoms with Gasteiger partial charge in [-0.2, -0.15) is 16.8 Å². The van der Waals surface area contributed by atoms with E-state index in [2.05, 4.69) is 10.2 Å². The maximum atomic E-state index is 12.2. The van der Waals surface area contributed by atoms with Gasteiger partial charge in [-0.25, -0.2) is 0 Å². The van der Waals surface area contributed by atoms with Gasteiger partial charge < -0.3 is 16.6 Å². The van der Waals surface area contributed by atoms with Crippen molar-refractivity contribution in [3.63, 3.8) is 0 Å². The second kappa shape index (κ2) is 8.30. The molecule has 34 heavy (non-hydrogen) atoms. The summed E-state index contributed by atoms with van der Waals surface area (Å²) in [6.45, 7) is 0.148. The van der Waals surface area contributed by atoms with E-state index in [0.29, 0.717) is 10.9 Å². The molecule has 4 rings (SSSR count). The lowest BCUT2D eigenvalue weighted by molar-refractivity contribution is 0.480. The highest BCUT2D eigenvalue weighted by Crippen LogP contribution is 2.41. The second-order valence-corrected chi connectivity index (χ2v) is 10.1. The van der Waals surface area contributed by atoms with Gasteiger partial charge in [0.25, 0.3) is 20.2 Å². The second-order valence-electron chi connectivity index (χ2n) is 7.32. The molecule has 0 spiro atoms. The molecule has 0 heterocycles. The summed E-state index contributed by atoms with van der Waals surface area (Å²) in [5.74, 6) is -0.444. The third-order valence-electron chi connectivity index (χ3n) is 5.20. The van der Waals surface area contributed by atoms with Crippen LogP contribution in [-0.4, -0.2) is 31.0 Å². The minimum atomic E-state index is -4.72. The highest BCUT2D eigenvalue weighted by Gasteiger charge is 2.21. The topological polar surface area (TPSA) is 206 Å². The molecule has 13 heteroatoms. The first-order valence-corrected chi connectivity index (χ1v) is 12.5. The van der Waals surface area contributed by atoms with Gasteiger partial charge in [0, 0.05) is 23.0 Å². The summed E-state index contributed by atoms with van der Waals surface area (Å²) in [6.07, 6.45) is 0. The lowest BCUT2D eigenvalue weighted by Gasteiger charge is -2.10. The molecule has 0 aliphatic heterocycles. The van der Waals surface area contributed by atoms with Crippen molar-refractivity contribution in [2.24, 2.45) is 16.0 Å². The Morgan fingerprint density at radius 1 is 0.824 bits per heavy atom. The normalized spacial score (nSPS) is 12.7. The number of hydrogen-bond donors (Lipinski definition) is 5. The number of benzene rings is 4. The molecule has 0 radical (unpaired) electrons. The van der Waals surface area contributed by atoms with E-state index in [-0.39, 0.29) is 39.8 Å². The molecule has 11 nitrogen and oxygen atoms in total. The van der Waals surface area contributed by atoms with Gasteiger partial charge in [-0.05, 0) is 40.6 Å². The van der Waals surface area contributed by atoms with Crippen LogP contribution in [0.25, 0.3) is 21.5 Å². The average Bonchev–Trinajstić information content (AvgIpc) is 2.76. The largest absolute Gasteiger partial charge is 0.505 e. The predicted molar refractivity (Wildman–Crippen MR) is 126 cm³/mol. The van der Waals surface area contributed by atoms with Crippen LogP contribution in [0.1, 0.15) is 5.56 Å². The molecule has 0 unspecified atom stereocenters. The Morgan fingerprint density at radius 3 is 2.15 bits per heavy atom. The van der Waals surface area contributed by atoms with Gasteiger partial charge in [0.1, 0.15) is 16.3 Å². The molecule has 0 saturated heterocycles. The summed E-state index contributed by atoms with van der Waals surface area (Å²) < 4.78 is 66.3. The quantitative estimate of drug-likeness (QED) is 0.153. The van der Waals surface area contributed by atoms with Crippen LogP contribution in [0, 0.1) is 0 Å². The maximum absolute atomic E-state index is 12.2. The fourth-order valence-corrected chi connectivity index (χ4v) is 5.07. The van der Waals surface area contributed by atoms with Gasteiger partial charge >= 0.3 is 0 Å². The number of nitrogens with zero attached hydrogens (tertiary/aromatic N) is 2. The minimum Gasteiger partial charge on any atom is -0.505 e. The summed E-state index contributed by atoms with van der Waals surface area (Å²) in [4.78, 5) is -0.918. The number of azo groups is 1. The van der Waals surface area contributed by atoms with Crippen molar-refractivity contribution in [3.8, 4) is 5.75 Å². The number of rotatable bonds is 5. The Kier molecular flexibility index (Phi) is 5.75. The number of hydrogen-bond acceptors (Lipinski definition) is 9. The molecule has 0 aromatic heterocycles. The van der Waals surface area contributed by atoms with Crippen LogP contribution in [0.2, 0.25) is 0 Å². The van der Waals surface area contributed by atoms with Gasteiger partial charge in [-0.3, -0.25) is 9.11 Å². The molecule has 0 aliphatic carbocycles. The summed E-state index contributed by atoms with van der Waals surface area (Å²) in [5.41, 5.74) is 11.8. The smallest absolute Gasteiger partial charge is 0.297 e. The van der Waals surface area contributed by atoms with E-state index in [9.17, 15) is 31.0 Å². The van der Waals surface area contributed by atoms with Crippen molar-refractivity contribution in [3.05, 3.63) is 60.2 Å². The molecule has 7 N–H and O–H groups in total. The SMILES string of the molecule is NCc1cccc2c(S(=O)(=O)O)c(N=Nc3ccc4cc(S(=O)(=O)O)cc(N)c4c3O)ccc12. The van der Waals surface area contributed by atoms with Gasteiger partial charge in [-0.1, -0.05) is 30.3 Å². The standard InChI is InChI=1S/C21H18N4O7S2/c22-10-12-2-1-3-15-14(12)5-7-18(21(15)34(30,31)32)25-24-17-6-4-11-8-13(33(27,28)29)9-16(23)19(11)20(17)26/h1-9,26H,10,22-23H2,(H,27,28,29)(H,30,31,32). The van der Waals surface area contributed by atoms with Gasteiger partial charge in [0.15, 0.2) is 5.75 Å². The van der Waals surface area contributed by atoms with E-state index in [1.54, 1.807) is 18.2 Å². The van der Waals surface area contributed by atoms with Crippen LogP contribution in [0.3, 0.4) is 0 Å². The van der Waals surface area contributed by atoms with Gasteiger partial charge in [-0.15, -0.1) is 10.2 Å². The Hall–Kier alpha value is -3.62. The molecule has 0 amide bonds. The highest BCUT2D eigenvalue weighted by atomic mass is 32.2. The number of aromatic hydroxyl groups is 1. The summed E-state index contributed by atoms with van der Waals surface area (Å²) in [5, 5.41) is 19.5. The third-order valence-corrected chi connectivity index (χ3v) is 6.97. The fourth-order valence-electron chi connectivity index (χ4n) is 3.69. The van der Waals surface area contributed by atoms with Crippen LogP contribution >= 0.6 is 0 Å². The molecular weight excluding hydrogens is 484 g/mol. The summed E-state index contributed by atoms with van der Waals surface area (Å²) in [7, 11) is -9.24. The fraction of sp³-hybridized carbons (Fsp3) is 0.0476. The third kappa shape index (κ3) is 4.18. The number of nitrogens with two attached hydrogens (primary N) is 2. The average molecular weight is 503 g/mol. The van der Waals surface area contributed by atoms with Crippen molar-refractivity contribution in [2.45, 2.75) is 16.3 Å². The molecule has 0 bridgehead atoms. The van der Waals surface area contributed by atoms with Crippen molar-refractivity contribution < 1.29 is 31.0 Å². The first-order valence-electron chi connectivity index (χ1n) is 9.58. The highest BCUT2D eigenvalue weighted by molar-refractivity contribution is 7.86. The zero-order chi connectivity index (χ0) is 24.8. The van der Waals surface area contributed by atoms with E-state index >= 15 is 0 Å². The number of anilines is 1. The van der Waals surface area contributed by atoms with E-state index in [1.165, 1.54) is 24.3 Å². The Bertz CT molecular complexity index is 1720. The molecule has 0 fully saturated rings. The molecule has 0 aliphatic rings. The van der Waals surface area contributed by atoms with Crippen LogP contribution in [0.15, 0.2) is 74.6 Å². The van der Waals surface area contributed by atoms with Crippen molar-refractivity contribution in [1.29, 1.82) is 0 Å². The van der Waals surface area contributed by atoms with Crippen LogP contribution in [0.5, 0.6) is 5.75 Å². The van der Waals surface area contributed by atoms with E-state index in [0.717, 1.165) is 12.1 Å². The summed E-state index contributed by atoms with van der Waals surface area (Å²) >= 11 is 0. The zero-order valence-electron chi connectivity index (χ0n) is 17.2. The monoisotopic (exact) mass is 502 g/mol. The first-order chi connectivity index (χ1) is 15.9. The molecule has 4 aromatic carbocycles. The van der Waals surface area contributed by atoms with Crippen LogP contribution < -0.4 is 11.5 Å². The number of phenolic OH excluding ortho intramolecular Hbond substituents is 1. The number of phenols is 1.